The highest BCUT2D eigenvalue weighted by Crippen LogP contribution is 2.37. The molecule has 0 aliphatic carbocycles. The Labute approximate surface area is 160 Å². The van der Waals surface area contributed by atoms with Crippen molar-refractivity contribution in [3.8, 4) is 5.75 Å². The van der Waals surface area contributed by atoms with E-state index in [1.165, 1.54) is 16.7 Å². The molecule has 0 fully saturated rings. The molecule has 0 saturated carbocycles. The lowest BCUT2D eigenvalue weighted by Gasteiger charge is -2.24. The number of halogens is 1. The number of hydrogen-bond acceptors (Lipinski definition) is 2. The van der Waals surface area contributed by atoms with Gasteiger partial charge in [-0.15, -0.1) is 0 Å². The summed E-state index contributed by atoms with van der Waals surface area (Å²) in [5.74, 6) is 0.923. The fourth-order valence-electron chi connectivity index (χ4n) is 2.88. The van der Waals surface area contributed by atoms with Crippen LogP contribution >= 0.6 is 15.9 Å². The van der Waals surface area contributed by atoms with E-state index in [0.717, 1.165) is 21.3 Å². The van der Waals surface area contributed by atoms with Gasteiger partial charge in [0, 0.05) is 22.7 Å². The molecule has 0 amide bonds. The summed E-state index contributed by atoms with van der Waals surface area (Å²) in [5.41, 5.74) is 5.83. The zero-order chi connectivity index (χ0) is 18.6. The molecule has 25 heavy (non-hydrogen) atoms. The van der Waals surface area contributed by atoms with Gasteiger partial charge in [-0.3, -0.25) is 0 Å². The highest BCUT2D eigenvalue weighted by atomic mass is 79.9. The van der Waals surface area contributed by atoms with Crippen molar-refractivity contribution in [2.24, 2.45) is 0 Å². The Hall–Kier alpha value is -1.58. The van der Waals surface area contributed by atoms with Crippen molar-refractivity contribution in [3.05, 3.63) is 62.6 Å². The number of hydrogen-bond donors (Lipinski definition) is 0. The lowest BCUT2D eigenvalue weighted by atomic mass is 9.85. The van der Waals surface area contributed by atoms with Gasteiger partial charge in [0.15, 0.2) is 0 Å². The molecule has 0 bridgehead atoms. The van der Waals surface area contributed by atoms with Crippen molar-refractivity contribution in [2.75, 3.05) is 14.2 Å². The van der Waals surface area contributed by atoms with E-state index in [0.29, 0.717) is 6.61 Å². The molecule has 2 aromatic carbocycles. The molecule has 2 aromatic rings. The normalized spacial score (nSPS) is 12.0. The number of rotatable bonds is 5. The fourth-order valence-corrected chi connectivity index (χ4v) is 3.36. The molecule has 3 heteroatoms. The van der Waals surface area contributed by atoms with Gasteiger partial charge in [0.2, 0.25) is 0 Å². The minimum absolute atomic E-state index is 0.00276. The summed E-state index contributed by atoms with van der Waals surface area (Å²) >= 11 is 3.63. The first-order valence-corrected chi connectivity index (χ1v) is 9.20. The molecule has 2 rings (SSSR count). The van der Waals surface area contributed by atoms with Crippen molar-refractivity contribution in [1.29, 1.82) is 0 Å². The van der Waals surface area contributed by atoms with E-state index in [4.69, 9.17) is 9.47 Å². The summed E-state index contributed by atoms with van der Waals surface area (Å²) in [4.78, 5) is 0. The third-order valence-electron chi connectivity index (χ3n) is 4.14. The van der Waals surface area contributed by atoms with Crippen LogP contribution in [0.15, 0.2) is 34.8 Å². The van der Waals surface area contributed by atoms with E-state index in [1.807, 2.05) is 0 Å². The molecule has 0 atom stereocenters. The van der Waals surface area contributed by atoms with Crippen molar-refractivity contribution in [3.63, 3.8) is 0 Å². The first-order valence-electron chi connectivity index (χ1n) is 8.41. The van der Waals surface area contributed by atoms with Crippen LogP contribution in [0.2, 0.25) is 0 Å². The lowest BCUT2D eigenvalue weighted by molar-refractivity contribution is 0.184. The average Bonchev–Trinajstić information content (AvgIpc) is 2.53. The Bertz CT molecular complexity index is 770. The lowest BCUT2D eigenvalue weighted by Crippen LogP contribution is -2.13. The number of aryl methyl sites for hydroxylation is 1. The molecule has 2 nitrogen and oxygen atoms in total. The standard InChI is InChI=1S/C22H27BrO2/c1-15-7-8-16(18(11-15)14-24-5)9-10-17-12-19(23)13-20(21(17)25-6)22(2,3)4/h7-13H,14H2,1-6H3/b10-9+. The second-order valence-electron chi connectivity index (χ2n) is 7.29. The molecule has 0 aliphatic heterocycles. The SMILES string of the molecule is COCc1cc(C)ccc1/C=C/c1cc(Br)cc(C(C)(C)C)c1OC. The van der Waals surface area contributed by atoms with Crippen LogP contribution in [0.3, 0.4) is 0 Å². The maximum absolute atomic E-state index is 5.75. The van der Waals surface area contributed by atoms with E-state index in [-0.39, 0.29) is 5.41 Å². The molecule has 0 saturated heterocycles. The average molecular weight is 403 g/mol. The first-order chi connectivity index (χ1) is 11.8. The largest absolute Gasteiger partial charge is 0.496 e. The van der Waals surface area contributed by atoms with Gasteiger partial charge in [0.1, 0.15) is 5.75 Å². The van der Waals surface area contributed by atoms with Crippen LogP contribution < -0.4 is 4.74 Å². The third-order valence-corrected chi connectivity index (χ3v) is 4.59. The van der Waals surface area contributed by atoms with Crippen LogP contribution in [0, 0.1) is 6.92 Å². The predicted molar refractivity (Wildman–Crippen MR) is 110 cm³/mol. The summed E-state index contributed by atoms with van der Waals surface area (Å²) < 4.78 is 12.1. The second-order valence-corrected chi connectivity index (χ2v) is 8.21. The Morgan fingerprint density at radius 2 is 1.68 bits per heavy atom. The van der Waals surface area contributed by atoms with Crippen LogP contribution in [-0.4, -0.2) is 14.2 Å². The summed E-state index contributed by atoms with van der Waals surface area (Å²) in [5, 5.41) is 0. The Morgan fingerprint density at radius 3 is 2.28 bits per heavy atom. The number of methoxy groups -OCH3 is 2. The molecule has 0 unspecified atom stereocenters. The third kappa shape index (κ3) is 4.96. The second kappa shape index (κ2) is 8.20. The number of benzene rings is 2. The summed E-state index contributed by atoms with van der Waals surface area (Å²) in [6.45, 7) is 9.29. The van der Waals surface area contributed by atoms with Crippen molar-refractivity contribution >= 4 is 28.1 Å². The quantitative estimate of drug-likeness (QED) is 0.540. The Morgan fingerprint density at radius 1 is 1.00 bits per heavy atom. The van der Waals surface area contributed by atoms with E-state index < -0.39 is 0 Å². The van der Waals surface area contributed by atoms with Gasteiger partial charge in [0.05, 0.1) is 13.7 Å². The predicted octanol–water partition coefficient (Wildman–Crippen LogP) is 6.38. The van der Waals surface area contributed by atoms with Gasteiger partial charge in [0.25, 0.3) is 0 Å². The van der Waals surface area contributed by atoms with Gasteiger partial charge >= 0.3 is 0 Å². The highest BCUT2D eigenvalue weighted by molar-refractivity contribution is 9.10. The van der Waals surface area contributed by atoms with Gasteiger partial charge in [-0.05, 0) is 35.6 Å². The van der Waals surface area contributed by atoms with Crippen LogP contribution in [0.1, 0.15) is 48.6 Å². The van der Waals surface area contributed by atoms with Crippen LogP contribution in [-0.2, 0) is 16.8 Å². The van der Waals surface area contributed by atoms with E-state index in [2.05, 4.69) is 86.1 Å². The monoisotopic (exact) mass is 402 g/mol. The van der Waals surface area contributed by atoms with Gasteiger partial charge < -0.3 is 9.47 Å². The molecule has 0 aromatic heterocycles. The van der Waals surface area contributed by atoms with Crippen molar-refractivity contribution in [1.82, 2.24) is 0 Å². The maximum Gasteiger partial charge on any atom is 0.129 e. The van der Waals surface area contributed by atoms with Crippen molar-refractivity contribution < 1.29 is 9.47 Å². The summed E-state index contributed by atoms with van der Waals surface area (Å²) in [6.07, 6.45) is 4.24. The molecule has 134 valence electrons. The molecule has 0 radical (unpaired) electrons. The minimum Gasteiger partial charge on any atom is -0.496 e. The molecular formula is C22H27BrO2. The van der Waals surface area contributed by atoms with E-state index in [1.54, 1.807) is 14.2 Å². The molecule has 0 spiro atoms. The van der Waals surface area contributed by atoms with Gasteiger partial charge in [-0.2, -0.15) is 0 Å². The van der Waals surface area contributed by atoms with Crippen molar-refractivity contribution in [2.45, 2.75) is 39.7 Å². The summed E-state index contributed by atoms with van der Waals surface area (Å²) in [7, 11) is 3.46. The van der Waals surface area contributed by atoms with Crippen LogP contribution in [0.5, 0.6) is 5.75 Å². The maximum atomic E-state index is 5.75. The smallest absolute Gasteiger partial charge is 0.129 e. The van der Waals surface area contributed by atoms with E-state index >= 15 is 0 Å². The Balaban J connectivity index is 2.50. The van der Waals surface area contributed by atoms with Gasteiger partial charge in [-0.25, -0.2) is 0 Å². The Kier molecular flexibility index (Phi) is 6.47. The molecule has 0 heterocycles. The van der Waals surface area contributed by atoms with Gasteiger partial charge in [-0.1, -0.05) is 72.6 Å². The molecular weight excluding hydrogens is 376 g/mol. The minimum atomic E-state index is 0.00276. The van der Waals surface area contributed by atoms with E-state index in [9.17, 15) is 0 Å². The fraction of sp³-hybridized carbons (Fsp3) is 0.364. The van der Waals surface area contributed by atoms with Crippen LogP contribution in [0.4, 0.5) is 0 Å². The zero-order valence-electron chi connectivity index (χ0n) is 15.9. The van der Waals surface area contributed by atoms with Crippen LogP contribution in [0.25, 0.3) is 12.2 Å². The zero-order valence-corrected chi connectivity index (χ0v) is 17.5. The topological polar surface area (TPSA) is 18.5 Å². The summed E-state index contributed by atoms with van der Waals surface area (Å²) in [6, 6.07) is 10.7. The first kappa shape index (κ1) is 19.7. The molecule has 0 N–H and O–H groups in total. The molecule has 0 aliphatic rings. The highest BCUT2D eigenvalue weighted by Gasteiger charge is 2.21. The number of ether oxygens (including phenoxy) is 2.